The monoisotopic (exact) mass is 246 g/mol. The summed E-state index contributed by atoms with van der Waals surface area (Å²) in [6.45, 7) is 14.6. The second kappa shape index (κ2) is 5.32. The molecule has 0 aromatic rings. The van der Waals surface area contributed by atoms with Gasteiger partial charge in [0.25, 0.3) is 0 Å². The van der Waals surface area contributed by atoms with E-state index in [0.29, 0.717) is 12.3 Å². The molecule has 1 N–H and O–H groups in total. The van der Waals surface area contributed by atoms with Crippen LogP contribution in [0.1, 0.15) is 41.0 Å². The van der Waals surface area contributed by atoms with Crippen molar-refractivity contribution in [3.63, 3.8) is 0 Å². The average molecular weight is 246 g/mol. The zero-order chi connectivity index (χ0) is 13.1. The van der Waals surface area contributed by atoms with E-state index in [4.69, 9.17) is 9.53 Å². The number of aliphatic carboxylic acids is 1. The number of carboxylic acids is 1. The predicted octanol–water partition coefficient (Wildman–Crippen LogP) is 3.51. The average Bonchev–Trinajstić information content (AvgIpc) is 1.98. The third kappa shape index (κ3) is 4.66. The van der Waals surface area contributed by atoms with Gasteiger partial charge in [0.2, 0.25) is 0 Å². The highest BCUT2D eigenvalue weighted by Crippen LogP contribution is 2.37. The maximum Gasteiger partial charge on any atom is 0.331 e. The van der Waals surface area contributed by atoms with Crippen LogP contribution >= 0.6 is 0 Å². The maximum absolute atomic E-state index is 11.1. The molecule has 0 aliphatic heterocycles. The summed E-state index contributed by atoms with van der Waals surface area (Å²) in [5, 5.41) is 9.20. The largest absolute Gasteiger partial charge is 0.479 e. The van der Waals surface area contributed by atoms with E-state index >= 15 is 0 Å². The van der Waals surface area contributed by atoms with Crippen LogP contribution in [-0.2, 0) is 9.22 Å². The smallest absolute Gasteiger partial charge is 0.331 e. The van der Waals surface area contributed by atoms with Gasteiger partial charge in [0.15, 0.2) is 8.32 Å². The lowest BCUT2D eigenvalue weighted by Gasteiger charge is -2.38. The van der Waals surface area contributed by atoms with Crippen molar-refractivity contribution in [1.29, 1.82) is 0 Å². The highest BCUT2D eigenvalue weighted by Gasteiger charge is 2.40. The fraction of sp³-hybridized carbons (Fsp3) is 0.917. The molecule has 0 rings (SSSR count). The van der Waals surface area contributed by atoms with Crippen LogP contribution in [-0.4, -0.2) is 25.5 Å². The molecule has 0 bridgehead atoms. The van der Waals surface area contributed by atoms with Gasteiger partial charge < -0.3 is 9.53 Å². The minimum Gasteiger partial charge on any atom is -0.479 e. The van der Waals surface area contributed by atoms with Gasteiger partial charge >= 0.3 is 5.97 Å². The molecule has 0 saturated carbocycles. The first-order valence-electron chi connectivity index (χ1n) is 5.88. The number of hydrogen-bond acceptors (Lipinski definition) is 2. The van der Waals surface area contributed by atoms with Crippen LogP contribution in [0.5, 0.6) is 0 Å². The highest BCUT2D eigenvalue weighted by atomic mass is 28.4. The fourth-order valence-electron chi connectivity index (χ4n) is 1.16. The van der Waals surface area contributed by atoms with Crippen molar-refractivity contribution in [2.75, 3.05) is 0 Å². The predicted molar refractivity (Wildman–Crippen MR) is 69.2 cm³/mol. The first-order chi connectivity index (χ1) is 6.97. The Bertz CT molecular complexity index is 241. The Kier molecular flexibility index (Phi) is 5.20. The molecule has 0 saturated heterocycles. The van der Waals surface area contributed by atoms with Crippen LogP contribution in [0.4, 0.5) is 0 Å². The van der Waals surface area contributed by atoms with Crippen molar-refractivity contribution < 1.29 is 14.3 Å². The minimum atomic E-state index is -1.98. The zero-order valence-electron chi connectivity index (χ0n) is 11.6. The van der Waals surface area contributed by atoms with E-state index in [2.05, 4.69) is 33.9 Å². The third-order valence-corrected chi connectivity index (χ3v) is 7.69. The molecule has 0 aromatic carbocycles. The molecule has 0 amide bonds. The van der Waals surface area contributed by atoms with E-state index in [1.165, 1.54) is 0 Å². The first kappa shape index (κ1) is 15.6. The fourth-order valence-corrected chi connectivity index (χ4v) is 2.42. The normalized spacial score (nSPS) is 15.2. The van der Waals surface area contributed by atoms with Gasteiger partial charge in [0, 0.05) is 0 Å². The van der Waals surface area contributed by atoms with Crippen molar-refractivity contribution >= 4 is 14.3 Å². The summed E-state index contributed by atoms with van der Waals surface area (Å²) >= 11 is 0. The summed E-state index contributed by atoms with van der Waals surface area (Å²) in [4.78, 5) is 11.1. The SMILES string of the molecule is CC(C)C[C@H](O[Si](C)(C)C(C)(C)C)C(=O)O. The molecule has 16 heavy (non-hydrogen) atoms. The van der Waals surface area contributed by atoms with Gasteiger partial charge in [0.1, 0.15) is 6.10 Å². The molecule has 0 unspecified atom stereocenters. The molecule has 0 aliphatic rings. The highest BCUT2D eigenvalue weighted by molar-refractivity contribution is 6.74. The Labute approximate surface area is 100 Å². The molecule has 0 aliphatic carbocycles. The summed E-state index contributed by atoms with van der Waals surface area (Å²) in [5.74, 6) is -0.496. The van der Waals surface area contributed by atoms with Crippen LogP contribution in [0.15, 0.2) is 0 Å². The molecule has 0 spiro atoms. The van der Waals surface area contributed by atoms with E-state index in [1.54, 1.807) is 0 Å². The van der Waals surface area contributed by atoms with Gasteiger partial charge in [-0.15, -0.1) is 0 Å². The van der Waals surface area contributed by atoms with Crippen molar-refractivity contribution in [3.05, 3.63) is 0 Å². The first-order valence-corrected chi connectivity index (χ1v) is 8.79. The van der Waals surface area contributed by atoms with Crippen LogP contribution in [0.2, 0.25) is 18.1 Å². The van der Waals surface area contributed by atoms with Crippen molar-refractivity contribution in [1.82, 2.24) is 0 Å². The zero-order valence-corrected chi connectivity index (χ0v) is 12.6. The topological polar surface area (TPSA) is 46.5 Å². The van der Waals surface area contributed by atoms with Crippen LogP contribution in [0.3, 0.4) is 0 Å². The maximum atomic E-state index is 11.1. The van der Waals surface area contributed by atoms with Gasteiger partial charge in [-0.2, -0.15) is 0 Å². The Morgan fingerprint density at radius 2 is 1.75 bits per heavy atom. The van der Waals surface area contributed by atoms with E-state index in [1.807, 2.05) is 13.8 Å². The number of hydrogen-bond donors (Lipinski definition) is 1. The Morgan fingerprint density at radius 3 is 2.00 bits per heavy atom. The summed E-state index contributed by atoms with van der Waals surface area (Å²) in [7, 11) is -1.98. The summed E-state index contributed by atoms with van der Waals surface area (Å²) in [5.41, 5.74) is 0. The molecular formula is C12H26O3Si. The van der Waals surface area contributed by atoms with Gasteiger partial charge in [0.05, 0.1) is 0 Å². The third-order valence-electron chi connectivity index (χ3n) is 3.20. The molecule has 1 atom stereocenters. The van der Waals surface area contributed by atoms with Crippen LogP contribution < -0.4 is 0 Å². The van der Waals surface area contributed by atoms with E-state index < -0.39 is 20.4 Å². The molecule has 3 nitrogen and oxygen atoms in total. The quantitative estimate of drug-likeness (QED) is 0.755. The lowest BCUT2D eigenvalue weighted by Crippen LogP contribution is -2.46. The number of carboxylic acid groups (broad SMARTS) is 1. The lowest BCUT2D eigenvalue weighted by molar-refractivity contribution is -0.146. The van der Waals surface area contributed by atoms with Crippen LogP contribution in [0.25, 0.3) is 0 Å². The van der Waals surface area contributed by atoms with E-state index in [0.717, 1.165) is 0 Å². The minimum absolute atomic E-state index is 0.0533. The van der Waals surface area contributed by atoms with Gasteiger partial charge in [-0.1, -0.05) is 34.6 Å². The Balaban J connectivity index is 4.69. The molecule has 0 heterocycles. The second-order valence-electron chi connectivity index (χ2n) is 6.33. The van der Waals surface area contributed by atoms with Crippen molar-refractivity contribution in [2.45, 2.75) is 65.3 Å². The number of rotatable bonds is 5. The number of carbonyl (C=O) groups is 1. The van der Waals surface area contributed by atoms with Crippen molar-refractivity contribution in [3.8, 4) is 0 Å². The van der Waals surface area contributed by atoms with E-state index in [9.17, 15) is 4.79 Å². The van der Waals surface area contributed by atoms with Gasteiger partial charge in [-0.3, -0.25) is 0 Å². The molecule has 96 valence electrons. The lowest BCUT2D eigenvalue weighted by atomic mass is 10.1. The second-order valence-corrected chi connectivity index (χ2v) is 11.1. The summed E-state index contributed by atoms with van der Waals surface area (Å²) in [6.07, 6.45) is -0.0668. The van der Waals surface area contributed by atoms with Crippen LogP contribution in [0, 0.1) is 5.92 Å². The Hall–Kier alpha value is -0.353. The standard InChI is InChI=1S/C12H26O3Si/c1-9(2)8-10(11(13)14)15-16(6,7)12(3,4)5/h9-10H,8H2,1-7H3,(H,13,14)/t10-/m0/s1. The molecule has 4 heteroatoms. The van der Waals surface area contributed by atoms with Crippen molar-refractivity contribution in [2.24, 2.45) is 5.92 Å². The molecular weight excluding hydrogens is 220 g/mol. The molecule has 0 aromatic heterocycles. The Morgan fingerprint density at radius 1 is 1.31 bits per heavy atom. The molecule has 0 fully saturated rings. The van der Waals surface area contributed by atoms with E-state index in [-0.39, 0.29) is 5.04 Å². The summed E-state index contributed by atoms with van der Waals surface area (Å²) in [6, 6.07) is 0. The van der Waals surface area contributed by atoms with Gasteiger partial charge in [-0.25, -0.2) is 4.79 Å². The van der Waals surface area contributed by atoms with Gasteiger partial charge in [-0.05, 0) is 30.5 Å². The summed E-state index contributed by atoms with van der Waals surface area (Å²) < 4.78 is 5.91. The molecule has 0 radical (unpaired) electrons.